The Bertz CT molecular complexity index is 990. The smallest absolute Gasteiger partial charge is 0.375 e. The van der Waals surface area contributed by atoms with E-state index in [0.29, 0.717) is 11.5 Å². The fraction of sp³-hybridized carbons (Fsp3) is 0.500. The van der Waals surface area contributed by atoms with Gasteiger partial charge in [-0.1, -0.05) is 0 Å². The van der Waals surface area contributed by atoms with Gasteiger partial charge in [-0.3, -0.25) is 14.4 Å². The average Bonchev–Trinajstić information content (AvgIpc) is 2.91. The van der Waals surface area contributed by atoms with Crippen molar-refractivity contribution >= 4 is 41.4 Å². The van der Waals surface area contributed by atoms with Gasteiger partial charge in [0.25, 0.3) is 5.09 Å². The summed E-state index contributed by atoms with van der Waals surface area (Å²) in [7, 11) is 1.11. The number of carboxylic acids is 1. The normalized spacial score (nSPS) is 11.8. The molecule has 0 aromatic heterocycles. The fourth-order valence-electron chi connectivity index (χ4n) is 2.59. The second-order valence-electron chi connectivity index (χ2n) is 7.43. The number of hydrogen-bond acceptors (Lipinski definition) is 14. The molecule has 0 saturated carbocycles. The van der Waals surface area contributed by atoms with Gasteiger partial charge < -0.3 is 39.9 Å². The van der Waals surface area contributed by atoms with Crippen LogP contribution in [0.2, 0.25) is 0 Å². The zero-order valence-electron chi connectivity index (χ0n) is 20.9. The minimum Gasteiger partial charge on any atom is -0.492 e. The number of amides is 1. The molecule has 216 valence electrons. The van der Waals surface area contributed by atoms with Gasteiger partial charge in [0.1, 0.15) is 50.0 Å². The first-order valence-electron chi connectivity index (χ1n) is 11.3. The van der Waals surface area contributed by atoms with Crippen LogP contribution in [0.4, 0.5) is 0 Å². The highest BCUT2D eigenvalue weighted by Crippen LogP contribution is 2.17. The van der Waals surface area contributed by atoms with Gasteiger partial charge in [0, 0.05) is 12.2 Å². The third-order valence-electron chi connectivity index (χ3n) is 4.52. The van der Waals surface area contributed by atoms with Gasteiger partial charge in [-0.15, -0.1) is 10.1 Å². The number of rotatable bonds is 20. The SMILES string of the molecule is COC(=O)[C@H](CSCC(=O)C(=O)OCCOc1ccc(OCCO[N+](=O)[O-])cc1)NC(=O)CC[C@H](N)C(=O)O. The molecule has 16 nitrogen and oxygen atoms in total. The van der Waals surface area contributed by atoms with Gasteiger partial charge in [-0.25, -0.2) is 9.59 Å². The highest BCUT2D eigenvalue weighted by Gasteiger charge is 2.24. The Kier molecular flexibility index (Phi) is 15.3. The maximum absolute atomic E-state index is 12.0. The highest BCUT2D eigenvalue weighted by molar-refractivity contribution is 8.00. The summed E-state index contributed by atoms with van der Waals surface area (Å²) in [4.78, 5) is 72.7. The molecule has 0 aliphatic rings. The topological polar surface area (TPSA) is 233 Å². The summed E-state index contributed by atoms with van der Waals surface area (Å²) in [6.07, 6.45) is -0.377. The van der Waals surface area contributed by atoms with E-state index in [9.17, 15) is 34.1 Å². The Morgan fingerprint density at radius 2 is 1.64 bits per heavy atom. The molecule has 17 heteroatoms. The van der Waals surface area contributed by atoms with Crippen molar-refractivity contribution in [1.82, 2.24) is 5.32 Å². The van der Waals surface area contributed by atoms with Crippen LogP contribution >= 0.6 is 11.8 Å². The van der Waals surface area contributed by atoms with Crippen molar-refractivity contribution in [1.29, 1.82) is 0 Å². The Morgan fingerprint density at radius 3 is 2.18 bits per heavy atom. The molecule has 4 N–H and O–H groups in total. The van der Waals surface area contributed by atoms with E-state index in [0.717, 1.165) is 18.9 Å². The maximum atomic E-state index is 12.0. The van der Waals surface area contributed by atoms with Crippen molar-refractivity contribution in [2.75, 3.05) is 45.0 Å². The van der Waals surface area contributed by atoms with E-state index in [1.807, 2.05) is 0 Å². The molecular weight excluding hydrogens is 546 g/mol. The minimum atomic E-state index is -1.26. The van der Waals surface area contributed by atoms with Gasteiger partial charge in [-0.05, 0) is 30.7 Å². The number of benzene rings is 1. The number of carbonyl (C=O) groups excluding carboxylic acids is 4. The molecule has 1 amide bonds. The third-order valence-corrected chi connectivity index (χ3v) is 5.56. The quantitative estimate of drug-likeness (QED) is 0.0576. The number of nitrogens with one attached hydrogen (secondary N) is 1. The Hall–Kier alpha value is -4.12. The monoisotopic (exact) mass is 575 g/mol. The van der Waals surface area contributed by atoms with Gasteiger partial charge in [0.15, 0.2) is 0 Å². The van der Waals surface area contributed by atoms with Crippen molar-refractivity contribution in [3.8, 4) is 11.5 Å². The molecule has 0 radical (unpaired) electrons. The summed E-state index contributed by atoms with van der Waals surface area (Å²) < 4.78 is 20.1. The van der Waals surface area contributed by atoms with E-state index in [-0.39, 0.29) is 50.8 Å². The van der Waals surface area contributed by atoms with Crippen LogP contribution in [0.1, 0.15) is 12.8 Å². The summed E-state index contributed by atoms with van der Waals surface area (Å²) in [5.41, 5.74) is 5.34. The van der Waals surface area contributed by atoms with Crippen molar-refractivity contribution in [2.45, 2.75) is 24.9 Å². The average molecular weight is 576 g/mol. The van der Waals surface area contributed by atoms with E-state index < -0.39 is 46.8 Å². The lowest BCUT2D eigenvalue weighted by atomic mass is 10.1. The van der Waals surface area contributed by atoms with E-state index in [1.54, 1.807) is 24.3 Å². The van der Waals surface area contributed by atoms with Crippen LogP contribution in [-0.2, 0) is 38.3 Å². The summed E-state index contributed by atoms with van der Waals surface area (Å²) in [6.45, 7) is -0.511. The summed E-state index contributed by atoms with van der Waals surface area (Å²) in [6, 6.07) is 3.88. The Balaban J connectivity index is 2.32. The summed E-state index contributed by atoms with van der Waals surface area (Å²) >= 11 is 0.890. The molecular formula is C22H29N3O13S. The van der Waals surface area contributed by atoms with Gasteiger partial charge in [-0.2, -0.15) is 11.8 Å². The van der Waals surface area contributed by atoms with E-state index in [2.05, 4.69) is 14.9 Å². The number of thioether (sulfide) groups is 1. The van der Waals surface area contributed by atoms with Crippen molar-refractivity contribution < 1.29 is 58.0 Å². The molecule has 0 bridgehead atoms. The van der Waals surface area contributed by atoms with Gasteiger partial charge in [0.05, 0.1) is 12.9 Å². The minimum absolute atomic E-state index is 0.0226. The van der Waals surface area contributed by atoms with Crippen LogP contribution in [0.25, 0.3) is 0 Å². The first kappa shape index (κ1) is 32.9. The highest BCUT2D eigenvalue weighted by atomic mass is 32.2. The molecule has 0 heterocycles. The first-order chi connectivity index (χ1) is 18.5. The number of carbonyl (C=O) groups is 5. The number of aliphatic carboxylic acids is 1. The van der Waals surface area contributed by atoms with Crippen molar-refractivity contribution in [2.24, 2.45) is 5.73 Å². The number of hydrogen-bond donors (Lipinski definition) is 3. The van der Waals surface area contributed by atoms with Crippen LogP contribution in [0.5, 0.6) is 11.5 Å². The number of ketones is 1. The summed E-state index contributed by atoms with van der Waals surface area (Å²) in [5, 5.41) is 20.3. The van der Waals surface area contributed by atoms with E-state index in [1.165, 1.54) is 0 Å². The summed E-state index contributed by atoms with van der Waals surface area (Å²) in [5.74, 6) is -4.22. The van der Waals surface area contributed by atoms with Crippen LogP contribution in [0.15, 0.2) is 24.3 Å². The number of carboxylic acid groups (broad SMARTS) is 1. The van der Waals surface area contributed by atoms with Gasteiger partial charge >= 0.3 is 17.9 Å². The molecule has 0 saturated heterocycles. The Labute approximate surface area is 226 Å². The number of methoxy groups -OCH3 is 1. The predicted octanol–water partition coefficient (Wildman–Crippen LogP) is -0.652. The Morgan fingerprint density at radius 1 is 1.05 bits per heavy atom. The molecule has 1 rings (SSSR count). The van der Waals surface area contributed by atoms with Crippen molar-refractivity contribution in [3.63, 3.8) is 0 Å². The predicted molar refractivity (Wildman–Crippen MR) is 132 cm³/mol. The largest absolute Gasteiger partial charge is 0.492 e. The molecule has 2 atom stereocenters. The van der Waals surface area contributed by atoms with Crippen molar-refractivity contribution in [3.05, 3.63) is 34.4 Å². The molecule has 0 spiro atoms. The molecule has 1 aromatic carbocycles. The first-order valence-corrected chi connectivity index (χ1v) is 12.4. The zero-order valence-corrected chi connectivity index (χ0v) is 21.7. The molecule has 0 aliphatic carbocycles. The van der Waals surface area contributed by atoms with Crippen LogP contribution in [0.3, 0.4) is 0 Å². The number of esters is 2. The van der Waals surface area contributed by atoms with Crippen LogP contribution < -0.4 is 20.5 Å². The number of nitrogens with zero attached hydrogens (tertiary/aromatic N) is 1. The molecule has 0 aliphatic heterocycles. The molecule has 39 heavy (non-hydrogen) atoms. The lowest BCUT2D eigenvalue weighted by Gasteiger charge is -2.16. The molecule has 0 unspecified atom stereocenters. The second kappa shape index (κ2) is 18.2. The lowest BCUT2D eigenvalue weighted by molar-refractivity contribution is -0.757. The zero-order chi connectivity index (χ0) is 29.2. The number of Topliss-reactive ketones (excluding diaryl/α,β-unsaturated/α-hetero) is 1. The van der Waals surface area contributed by atoms with Crippen LogP contribution in [0, 0.1) is 10.1 Å². The molecule has 0 fully saturated rings. The van der Waals surface area contributed by atoms with E-state index >= 15 is 0 Å². The standard InChI is InChI=1S/C22H29N3O13S/c1-34-21(30)17(24-19(27)7-6-16(23)20(28)29)12-39-13-18(26)22(31)37-9-8-35-14-2-4-15(5-3-14)36-10-11-38-25(32)33/h2-5,16-17H,6-13,23H2,1H3,(H,24,27)(H,28,29)/t16-,17-/m0/s1. The van der Waals surface area contributed by atoms with E-state index in [4.69, 9.17) is 25.1 Å². The maximum Gasteiger partial charge on any atom is 0.375 e. The van der Waals surface area contributed by atoms with Crippen LogP contribution in [-0.4, -0.2) is 96.9 Å². The third kappa shape index (κ3) is 14.4. The lowest BCUT2D eigenvalue weighted by Crippen LogP contribution is -2.44. The number of nitrogens with two attached hydrogens (primary N) is 1. The molecule has 1 aromatic rings. The number of ether oxygens (including phenoxy) is 4. The fourth-order valence-corrected chi connectivity index (χ4v) is 3.47. The van der Waals surface area contributed by atoms with Gasteiger partial charge in [0.2, 0.25) is 11.7 Å². The second-order valence-corrected chi connectivity index (χ2v) is 8.46.